The molecule has 9 heavy (non-hydrogen) atoms. The molecular formula is C3H2Na2O4. The van der Waals surface area contributed by atoms with Crippen molar-refractivity contribution in [3.8, 4) is 0 Å². The molecule has 0 bridgehead atoms. The molecule has 6 heteroatoms. The second-order valence-electron chi connectivity index (χ2n) is 0.573. The number of rotatable bonds is 4. The number of ether oxygens (including phenoxy) is 2. The molecule has 0 aromatic heterocycles. The molecule has 4 nitrogen and oxygen atoms in total. The van der Waals surface area contributed by atoms with E-state index in [-0.39, 0.29) is 59.1 Å². The van der Waals surface area contributed by atoms with Crippen LogP contribution in [0.1, 0.15) is 0 Å². The van der Waals surface area contributed by atoms with Crippen LogP contribution in [0, 0.1) is 0 Å². The van der Waals surface area contributed by atoms with Gasteiger partial charge in [-0.2, -0.15) is 0 Å². The van der Waals surface area contributed by atoms with E-state index in [1.807, 2.05) is 0 Å². The molecule has 0 aliphatic heterocycles. The van der Waals surface area contributed by atoms with Gasteiger partial charge < -0.3 is 19.1 Å². The van der Waals surface area contributed by atoms with Gasteiger partial charge in [-0.1, -0.05) is 12.9 Å². The molecule has 0 aliphatic rings. The SMILES string of the molecule is O=[C-]OCO[C-]=O.[Na+].[Na+]. The molecule has 0 heterocycles. The Morgan fingerprint density at radius 2 is 1.33 bits per heavy atom. The molecule has 0 atom stereocenters. The van der Waals surface area contributed by atoms with Crippen LogP contribution >= 0.6 is 0 Å². The van der Waals surface area contributed by atoms with Crippen LogP contribution in [-0.2, 0) is 19.1 Å². The van der Waals surface area contributed by atoms with E-state index in [1.165, 1.54) is 0 Å². The normalized spacial score (nSPS) is 5.33. The fourth-order valence-corrected chi connectivity index (χ4v) is 0.0776. The third-order valence-electron chi connectivity index (χ3n) is 0.236. The van der Waals surface area contributed by atoms with Crippen molar-refractivity contribution in [1.29, 1.82) is 0 Å². The van der Waals surface area contributed by atoms with Crippen LogP contribution in [0.4, 0.5) is 0 Å². The Balaban J connectivity index is -0.000000180. The van der Waals surface area contributed by atoms with E-state index >= 15 is 0 Å². The van der Waals surface area contributed by atoms with Crippen molar-refractivity contribution in [2.45, 2.75) is 0 Å². The second-order valence-corrected chi connectivity index (χ2v) is 0.573. The molecule has 0 unspecified atom stereocenters. The molecule has 0 rings (SSSR count). The van der Waals surface area contributed by atoms with Crippen molar-refractivity contribution in [1.82, 2.24) is 0 Å². The van der Waals surface area contributed by atoms with Crippen molar-refractivity contribution in [3.05, 3.63) is 0 Å². The van der Waals surface area contributed by atoms with Gasteiger partial charge in [-0.25, -0.2) is 0 Å². The predicted molar refractivity (Wildman–Crippen MR) is 18.4 cm³/mol. The standard InChI is InChI=1S/C3H2O4.2Na/c4-1-6-3-7-2-5;;/h3H2;;/q-2;2*+1. The maximum atomic E-state index is 9.12. The molecule has 0 radical (unpaired) electrons. The fourth-order valence-electron chi connectivity index (χ4n) is 0.0776. The Morgan fingerprint density at radius 3 is 1.56 bits per heavy atom. The minimum atomic E-state index is -0.410. The van der Waals surface area contributed by atoms with Crippen molar-refractivity contribution in [3.63, 3.8) is 0 Å². The van der Waals surface area contributed by atoms with Crippen LogP contribution in [0.15, 0.2) is 0 Å². The van der Waals surface area contributed by atoms with Gasteiger partial charge in [-0.15, -0.1) is 0 Å². The van der Waals surface area contributed by atoms with Gasteiger partial charge in [0, 0.05) is 0 Å². The van der Waals surface area contributed by atoms with E-state index in [4.69, 9.17) is 9.59 Å². The summed E-state index contributed by atoms with van der Waals surface area (Å²) in [5, 5.41) is 0. The molecule has 0 spiro atoms. The maximum Gasteiger partial charge on any atom is 1.00 e. The third kappa shape index (κ3) is 17.6. The Bertz CT molecular complexity index is 58.8. The average Bonchev–Trinajstić information content (AvgIpc) is 1.69. The molecule has 0 aromatic rings. The predicted octanol–water partition coefficient (Wildman–Crippen LogP) is -6.88. The molecule has 0 N–H and O–H groups in total. The number of carbonyl (C=O) groups excluding carboxylic acids is 2. The summed E-state index contributed by atoms with van der Waals surface area (Å²) in [5.74, 6) is 0. The summed E-state index contributed by atoms with van der Waals surface area (Å²) in [6.45, 7) is 1.69. The first-order valence-corrected chi connectivity index (χ1v) is 1.39. The van der Waals surface area contributed by atoms with Crippen molar-refractivity contribution >= 4 is 12.9 Å². The van der Waals surface area contributed by atoms with Crippen molar-refractivity contribution in [2.75, 3.05) is 6.79 Å². The monoisotopic (exact) mass is 148 g/mol. The molecule has 0 aromatic carbocycles. The van der Waals surface area contributed by atoms with Crippen LogP contribution < -0.4 is 59.1 Å². The first kappa shape index (κ1) is 16.5. The summed E-state index contributed by atoms with van der Waals surface area (Å²) < 4.78 is 7.57. The number of hydrogen-bond acceptors (Lipinski definition) is 4. The summed E-state index contributed by atoms with van der Waals surface area (Å²) in [6, 6.07) is 0. The first-order valence-electron chi connectivity index (χ1n) is 1.39. The zero-order valence-electron chi connectivity index (χ0n) is 5.34. The molecule has 40 valence electrons. The third-order valence-corrected chi connectivity index (χ3v) is 0.236. The number of hydrogen-bond donors (Lipinski definition) is 0. The Morgan fingerprint density at radius 1 is 1.00 bits per heavy atom. The summed E-state index contributed by atoms with van der Waals surface area (Å²) >= 11 is 0. The van der Waals surface area contributed by atoms with Crippen LogP contribution in [0.3, 0.4) is 0 Å². The van der Waals surface area contributed by atoms with Gasteiger partial charge in [0.2, 0.25) is 0 Å². The topological polar surface area (TPSA) is 52.6 Å². The van der Waals surface area contributed by atoms with Gasteiger partial charge in [0.1, 0.15) is 0 Å². The van der Waals surface area contributed by atoms with Gasteiger partial charge in [0.15, 0.2) is 6.79 Å². The van der Waals surface area contributed by atoms with Crippen molar-refractivity contribution < 1.29 is 78.2 Å². The fraction of sp³-hybridized carbons (Fsp3) is 0.333. The maximum absolute atomic E-state index is 9.12. The summed E-state index contributed by atoms with van der Waals surface area (Å²) in [4.78, 5) is 18.2. The quantitative estimate of drug-likeness (QED) is 0.172. The minimum Gasteiger partial charge on any atom is -0.628 e. The minimum absolute atomic E-state index is 0. The van der Waals surface area contributed by atoms with Crippen LogP contribution in [-0.4, -0.2) is 19.7 Å². The van der Waals surface area contributed by atoms with E-state index in [0.29, 0.717) is 0 Å². The summed E-state index contributed by atoms with van der Waals surface area (Å²) in [7, 11) is 0. The van der Waals surface area contributed by atoms with Crippen LogP contribution in [0.2, 0.25) is 0 Å². The van der Waals surface area contributed by atoms with Gasteiger partial charge in [-0.05, 0) is 0 Å². The van der Waals surface area contributed by atoms with Crippen LogP contribution in [0.25, 0.3) is 0 Å². The van der Waals surface area contributed by atoms with Crippen LogP contribution in [0.5, 0.6) is 0 Å². The molecule has 0 saturated carbocycles. The van der Waals surface area contributed by atoms with E-state index < -0.39 is 6.79 Å². The Hall–Kier alpha value is 0.940. The first-order chi connectivity index (χ1) is 3.41. The average molecular weight is 148 g/mol. The van der Waals surface area contributed by atoms with Gasteiger partial charge >= 0.3 is 59.1 Å². The van der Waals surface area contributed by atoms with E-state index in [0.717, 1.165) is 12.9 Å². The molecular weight excluding hydrogens is 146 g/mol. The van der Waals surface area contributed by atoms with E-state index in [9.17, 15) is 0 Å². The van der Waals surface area contributed by atoms with Gasteiger partial charge in [0.25, 0.3) is 0 Å². The molecule has 0 fully saturated rings. The molecule has 0 saturated heterocycles. The van der Waals surface area contributed by atoms with E-state index in [2.05, 4.69) is 9.47 Å². The molecule has 0 amide bonds. The molecule has 0 aliphatic carbocycles. The largest absolute Gasteiger partial charge is 1.00 e. The Labute approximate surface area is 96.8 Å². The zero-order valence-corrected chi connectivity index (χ0v) is 9.34. The summed E-state index contributed by atoms with van der Waals surface area (Å²) in [5.41, 5.74) is 0. The van der Waals surface area contributed by atoms with Gasteiger partial charge in [0.05, 0.1) is 0 Å². The second kappa shape index (κ2) is 16.0. The van der Waals surface area contributed by atoms with Crippen molar-refractivity contribution in [2.24, 2.45) is 0 Å². The smallest absolute Gasteiger partial charge is 0.628 e. The Kier molecular flexibility index (Phi) is 29.3. The van der Waals surface area contributed by atoms with E-state index in [1.54, 1.807) is 0 Å². The van der Waals surface area contributed by atoms with Gasteiger partial charge in [-0.3, -0.25) is 0 Å². The zero-order chi connectivity index (χ0) is 5.54. The summed E-state index contributed by atoms with van der Waals surface area (Å²) in [6.07, 6.45) is 0.